The number of ether oxygens (including phenoxy) is 1. The lowest BCUT2D eigenvalue weighted by atomic mass is 10.1. The summed E-state index contributed by atoms with van der Waals surface area (Å²) in [4.78, 5) is 0. The van der Waals surface area contributed by atoms with Gasteiger partial charge >= 0.3 is 0 Å². The summed E-state index contributed by atoms with van der Waals surface area (Å²) in [5, 5.41) is 6.90. The van der Waals surface area contributed by atoms with Crippen molar-refractivity contribution in [1.82, 2.24) is 5.32 Å². The Balaban J connectivity index is 2.49. The van der Waals surface area contributed by atoms with E-state index in [1.54, 1.807) is 7.11 Å². The molecule has 0 aromatic heterocycles. The molecule has 1 aromatic carbocycles. The Morgan fingerprint density at radius 3 is 2.81 bits per heavy atom. The van der Waals surface area contributed by atoms with E-state index in [0.717, 1.165) is 18.7 Å². The molecule has 0 fully saturated rings. The van der Waals surface area contributed by atoms with E-state index in [4.69, 9.17) is 17.0 Å². The third kappa shape index (κ3) is 4.16. The Kier molecular flexibility index (Phi) is 5.82. The SMILES string of the molecule is CCc1ccccc1NC(=S)NCCOC. The predicted molar refractivity (Wildman–Crippen MR) is 71.9 cm³/mol. The Morgan fingerprint density at radius 2 is 2.12 bits per heavy atom. The van der Waals surface area contributed by atoms with Crippen LogP contribution in [-0.2, 0) is 11.2 Å². The minimum absolute atomic E-state index is 0.637. The third-order valence-corrected chi connectivity index (χ3v) is 2.48. The van der Waals surface area contributed by atoms with E-state index in [9.17, 15) is 0 Å². The van der Waals surface area contributed by atoms with E-state index in [2.05, 4.69) is 23.6 Å². The first kappa shape index (κ1) is 12.9. The van der Waals surface area contributed by atoms with Crippen LogP contribution in [0.1, 0.15) is 12.5 Å². The summed E-state index contributed by atoms with van der Waals surface area (Å²) in [6, 6.07) is 8.16. The van der Waals surface area contributed by atoms with E-state index in [0.29, 0.717) is 11.7 Å². The molecule has 0 saturated heterocycles. The maximum Gasteiger partial charge on any atom is 0.170 e. The van der Waals surface area contributed by atoms with Gasteiger partial charge in [-0.15, -0.1) is 0 Å². The van der Waals surface area contributed by atoms with Crippen molar-refractivity contribution in [2.45, 2.75) is 13.3 Å². The fourth-order valence-corrected chi connectivity index (χ4v) is 1.60. The number of methoxy groups -OCH3 is 1. The second-order valence-electron chi connectivity index (χ2n) is 3.38. The minimum Gasteiger partial charge on any atom is -0.383 e. The lowest BCUT2D eigenvalue weighted by Gasteiger charge is -2.12. The van der Waals surface area contributed by atoms with Crippen molar-refractivity contribution in [2.75, 3.05) is 25.6 Å². The van der Waals surface area contributed by atoms with Crippen molar-refractivity contribution >= 4 is 23.0 Å². The van der Waals surface area contributed by atoms with Crippen LogP contribution in [0.3, 0.4) is 0 Å². The van der Waals surface area contributed by atoms with Crippen molar-refractivity contribution in [3.8, 4) is 0 Å². The van der Waals surface area contributed by atoms with Crippen LogP contribution in [0.4, 0.5) is 5.69 Å². The topological polar surface area (TPSA) is 33.3 Å². The number of aryl methyl sites for hydroxylation is 1. The lowest BCUT2D eigenvalue weighted by Crippen LogP contribution is -2.31. The number of thiocarbonyl (C=S) groups is 1. The molecule has 0 saturated carbocycles. The Hall–Kier alpha value is -1.13. The highest BCUT2D eigenvalue weighted by molar-refractivity contribution is 7.80. The molecule has 0 aliphatic carbocycles. The van der Waals surface area contributed by atoms with Crippen LogP contribution in [0.15, 0.2) is 24.3 Å². The van der Waals surface area contributed by atoms with Crippen molar-refractivity contribution in [3.63, 3.8) is 0 Å². The largest absolute Gasteiger partial charge is 0.383 e. The van der Waals surface area contributed by atoms with Gasteiger partial charge in [-0.2, -0.15) is 0 Å². The molecule has 0 radical (unpaired) electrons. The lowest BCUT2D eigenvalue weighted by molar-refractivity contribution is 0.204. The first-order valence-corrected chi connectivity index (χ1v) is 5.80. The summed E-state index contributed by atoms with van der Waals surface area (Å²) < 4.78 is 4.94. The second-order valence-corrected chi connectivity index (χ2v) is 3.79. The molecular formula is C12H18N2OS. The maximum atomic E-state index is 5.18. The quantitative estimate of drug-likeness (QED) is 0.608. The van der Waals surface area contributed by atoms with Gasteiger partial charge in [0.05, 0.1) is 6.61 Å². The molecule has 16 heavy (non-hydrogen) atoms. The highest BCUT2D eigenvalue weighted by Crippen LogP contribution is 2.14. The van der Waals surface area contributed by atoms with Crippen LogP contribution >= 0.6 is 12.2 Å². The van der Waals surface area contributed by atoms with Crippen LogP contribution in [0.5, 0.6) is 0 Å². The molecule has 0 atom stereocenters. The minimum atomic E-state index is 0.637. The summed E-state index contributed by atoms with van der Waals surface area (Å²) in [7, 11) is 1.67. The van der Waals surface area contributed by atoms with Gasteiger partial charge in [0.25, 0.3) is 0 Å². The summed E-state index contributed by atoms with van der Waals surface area (Å²) in [6.07, 6.45) is 0.990. The highest BCUT2D eigenvalue weighted by Gasteiger charge is 2.01. The first-order valence-electron chi connectivity index (χ1n) is 5.39. The van der Waals surface area contributed by atoms with Crippen molar-refractivity contribution in [2.24, 2.45) is 0 Å². The second kappa shape index (κ2) is 7.19. The molecule has 1 aromatic rings. The van der Waals surface area contributed by atoms with Crippen molar-refractivity contribution < 1.29 is 4.74 Å². The molecule has 2 N–H and O–H groups in total. The number of hydrogen-bond acceptors (Lipinski definition) is 2. The normalized spacial score (nSPS) is 9.88. The van der Waals surface area contributed by atoms with Gasteiger partial charge < -0.3 is 15.4 Å². The van der Waals surface area contributed by atoms with E-state index in [1.165, 1.54) is 5.56 Å². The van der Waals surface area contributed by atoms with Gasteiger partial charge in [-0.3, -0.25) is 0 Å². The van der Waals surface area contributed by atoms with Crippen LogP contribution in [0, 0.1) is 0 Å². The third-order valence-electron chi connectivity index (χ3n) is 2.24. The van der Waals surface area contributed by atoms with Crippen LogP contribution < -0.4 is 10.6 Å². The molecule has 3 nitrogen and oxygen atoms in total. The Labute approximate surface area is 102 Å². The molecule has 0 amide bonds. The zero-order valence-corrected chi connectivity index (χ0v) is 10.6. The van der Waals surface area contributed by atoms with Crippen LogP contribution in [-0.4, -0.2) is 25.4 Å². The van der Waals surface area contributed by atoms with Gasteiger partial charge in [0, 0.05) is 19.3 Å². The monoisotopic (exact) mass is 238 g/mol. The molecule has 0 unspecified atom stereocenters. The highest BCUT2D eigenvalue weighted by atomic mass is 32.1. The number of rotatable bonds is 5. The number of benzene rings is 1. The summed E-state index contributed by atoms with van der Waals surface area (Å²) in [5.41, 5.74) is 2.33. The predicted octanol–water partition coefficient (Wildman–Crippen LogP) is 2.18. The number of hydrogen-bond donors (Lipinski definition) is 2. The van der Waals surface area contributed by atoms with E-state index < -0.39 is 0 Å². The van der Waals surface area contributed by atoms with Gasteiger partial charge in [-0.05, 0) is 30.3 Å². The molecule has 0 aliphatic rings. The van der Waals surface area contributed by atoms with Gasteiger partial charge in [0.15, 0.2) is 5.11 Å². The Bertz CT molecular complexity index is 342. The average Bonchev–Trinajstić information content (AvgIpc) is 2.30. The van der Waals surface area contributed by atoms with E-state index >= 15 is 0 Å². The summed E-state index contributed by atoms with van der Waals surface area (Å²) >= 11 is 5.18. The summed E-state index contributed by atoms with van der Waals surface area (Å²) in [5.74, 6) is 0. The van der Waals surface area contributed by atoms with Crippen LogP contribution in [0.25, 0.3) is 0 Å². The molecule has 4 heteroatoms. The Morgan fingerprint density at radius 1 is 1.38 bits per heavy atom. The zero-order chi connectivity index (χ0) is 11.8. The molecule has 0 spiro atoms. The zero-order valence-electron chi connectivity index (χ0n) is 9.75. The smallest absolute Gasteiger partial charge is 0.170 e. The fraction of sp³-hybridized carbons (Fsp3) is 0.417. The number of anilines is 1. The van der Waals surface area contributed by atoms with E-state index in [-0.39, 0.29) is 0 Å². The molecule has 0 bridgehead atoms. The van der Waals surface area contributed by atoms with Gasteiger partial charge in [0.2, 0.25) is 0 Å². The summed E-state index contributed by atoms with van der Waals surface area (Å²) in [6.45, 7) is 3.50. The number of nitrogens with one attached hydrogen (secondary N) is 2. The average molecular weight is 238 g/mol. The molecule has 1 rings (SSSR count). The first-order chi connectivity index (χ1) is 7.77. The van der Waals surface area contributed by atoms with Crippen LogP contribution in [0.2, 0.25) is 0 Å². The van der Waals surface area contributed by atoms with Gasteiger partial charge in [0.1, 0.15) is 0 Å². The van der Waals surface area contributed by atoms with Gasteiger partial charge in [-0.25, -0.2) is 0 Å². The standard InChI is InChI=1S/C12H18N2OS/c1-3-10-6-4-5-7-11(10)14-12(16)13-8-9-15-2/h4-7H,3,8-9H2,1-2H3,(H2,13,14,16). The maximum absolute atomic E-state index is 5.18. The van der Waals surface area contributed by atoms with Crippen molar-refractivity contribution in [3.05, 3.63) is 29.8 Å². The van der Waals surface area contributed by atoms with Crippen molar-refractivity contribution in [1.29, 1.82) is 0 Å². The molecule has 0 aliphatic heterocycles. The molecule has 88 valence electrons. The number of para-hydroxylation sites is 1. The molecule has 0 heterocycles. The van der Waals surface area contributed by atoms with E-state index in [1.807, 2.05) is 18.2 Å². The molecular weight excluding hydrogens is 220 g/mol. The fourth-order valence-electron chi connectivity index (χ4n) is 1.38. The van der Waals surface area contributed by atoms with Gasteiger partial charge in [-0.1, -0.05) is 25.1 Å².